The van der Waals surface area contributed by atoms with Crippen LogP contribution in [0.5, 0.6) is 0 Å². The fraction of sp³-hybridized carbons (Fsp3) is 0.438. The fourth-order valence-corrected chi connectivity index (χ4v) is 3.51. The topological polar surface area (TPSA) is 46.5 Å². The number of ether oxygens (including phenoxy) is 1. The van der Waals surface area contributed by atoms with Gasteiger partial charge in [0.05, 0.1) is 5.57 Å². The smallest absolute Gasteiger partial charge is 0.195 e. The number of carbonyl (C=O) groups is 1. The van der Waals surface area contributed by atoms with Crippen molar-refractivity contribution in [2.45, 2.75) is 44.8 Å². The molecule has 4 heteroatoms. The van der Waals surface area contributed by atoms with Crippen LogP contribution >= 0.6 is 15.9 Å². The summed E-state index contributed by atoms with van der Waals surface area (Å²) >= 11 is 3.45. The van der Waals surface area contributed by atoms with Crippen molar-refractivity contribution >= 4 is 27.3 Å². The molecule has 0 radical (unpaired) electrons. The van der Waals surface area contributed by atoms with Gasteiger partial charge in [-0.3, -0.25) is 4.79 Å². The van der Waals surface area contributed by atoms with Gasteiger partial charge in [0.15, 0.2) is 5.78 Å². The Balaban J connectivity index is 2.20. The molecule has 2 unspecified atom stereocenters. The Bertz CT molecular complexity index is 620. The highest BCUT2D eigenvalue weighted by molar-refractivity contribution is 9.10. The van der Waals surface area contributed by atoms with Crippen LogP contribution in [0.2, 0.25) is 0 Å². The number of aryl methyl sites for hydroxylation is 1. The number of benzene rings is 1. The Kier molecular flexibility index (Phi) is 3.26. The number of carbonyl (C=O) groups excluding carboxylic acids is 1. The zero-order valence-electron chi connectivity index (χ0n) is 11.6. The molecule has 0 aromatic heterocycles. The SMILES string of the molecule is CCc1cc(Br)ccc1C1=C(O)C2(C)CCC(O2)C1=O. The lowest BCUT2D eigenvalue weighted by Crippen LogP contribution is -2.37. The van der Waals surface area contributed by atoms with Crippen molar-refractivity contribution in [3.63, 3.8) is 0 Å². The molecule has 1 saturated heterocycles. The second-order valence-corrected chi connectivity index (χ2v) is 6.53. The molecule has 2 heterocycles. The third-order valence-electron chi connectivity index (χ3n) is 4.28. The number of Topliss-reactive ketones (excluding diaryl/α,β-unsaturated/α-hetero) is 1. The van der Waals surface area contributed by atoms with Crippen LogP contribution in [0.25, 0.3) is 5.57 Å². The van der Waals surface area contributed by atoms with Gasteiger partial charge in [0.2, 0.25) is 0 Å². The molecule has 0 saturated carbocycles. The number of halogens is 1. The summed E-state index contributed by atoms with van der Waals surface area (Å²) in [5, 5.41) is 10.5. The van der Waals surface area contributed by atoms with Gasteiger partial charge in [-0.15, -0.1) is 0 Å². The maximum atomic E-state index is 12.5. The zero-order valence-corrected chi connectivity index (χ0v) is 13.2. The van der Waals surface area contributed by atoms with E-state index in [2.05, 4.69) is 15.9 Å². The van der Waals surface area contributed by atoms with Crippen molar-refractivity contribution in [1.82, 2.24) is 0 Å². The van der Waals surface area contributed by atoms with Gasteiger partial charge < -0.3 is 9.84 Å². The van der Waals surface area contributed by atoms with Gasteiger partial charge in [-0.1, -0.05) is 28.9 Å². The quantitative estimate of drug-likeness (QED) is 0.893. The van der Waals surface area contributed by atoms with Crippen LogP contribution < -0.4 is 0 Å². The summed E-state index contributed by atoms with van der Waals surface area (Å²) in [5.41, 5.74) is 1.64. The van der Waals surface area contributed by atoms with Crippen LogP contribution in [-0.4, -0.2) is 22.6 Å². The van der Waals surface area contributed by atoms with E-state index in [0.29, 0.717) is 18.4 Å². The highest BCUT2D eigenvalue weighted by Gasteiger charge is 2.50. The molecule has 2 atom stereocenters. The molecule has 1 aromatic rings. The minimum absolute atomic E-state index is 0.0884. The summed E-state index contributed by atoms with van der Waals surface area (Å²) in [6.45, 7) is 3.91. The van der Waals surface area contributed by atoms with E-state index in [4.69, 9.17) is 4.74 Å². The van der Waals surface area contributed by atoms with Gasteiger partial charge in [-0.2, -0.15) is 0 Å². The summed E-state index contributed by atoms with van der Waals surface area (Å²) in [4.78, 5) is 12.5. The summed E-state index contributed by atoms with van der Waals surface area (Å²) < 4.78 is 6.67. The molecule has 20 heavy (non-hydrogen) atoms. The highest BCUT2D eigenvalue weighted by Crippen LogP contribution is 2.45. The highest BCUT2D eigenvalue weighted by atomic mass is 79.9. The number of fused-ring (bicyclic) bond motifs is 2. The average molecular weight is 337 g/mol. The Morgan fingerprint density at radius 2 is 2.25 bits per heavy atom. The monoisotopic (exact) mass is 336 g/mol. The average Bonchev–Trinajstić information content (AvgIpc) is 2.80. The van der Waals surface area contributed by atoms with Gasteiger partial charge in [0.25, 0.3) is 0 Å². The lowest BCUT2D eigenvalue weighted by molar-refractivity contribution is -0.130. The molecule has 1 aromatic carbocycles. The summed E-state index contributed by atoms with van der Waals surface area (Å²) in [6.07, 6.45) is 1.78. The number of aliphatic hydroxyl groups excluding tert-OH is 1. The van der Waals surface area contributed by atoms with Crippen LogP contribution in [0.3, 0.4) is 0 Å². The Morgan fingerprint density at radius 3 is 2.95 bits per heavy atom. The summed E-state index contributed by atoms with van der Waals surface area (Å²) in [5.74, 6) is 0.00256. The number of aliphatic hydroxyl groups is 1. The van der Waals surface area contributed by atoms with Crippen molar-refractivity contribution in [2.24, 2.45) is 0 Å². The molecule has 3 rings (SSSR count). The van der Waals surface area contributed by atoms with Crippen LogP contribution in [-0.2, 0) is 16.0 Å². The number of rotatable bonds is 2. The van der Waals surface area contributed by atoms with Crippen LogP contribution in [0.15, 0.2) is 28.4 Å². The maximum Gasteiger partial charge on any atom is 0.195 e. The molecule has 2 bridgehead atoms. The normalized spacial score (nSPS) is 29.1. The van der Waals surface area contributed by atoms with Gasteiger partial charge in [-0.05, 0) is 49.4 Å². The molecule has 1 N–H and O–H groups in total. The van der Waals surface area contributed by atoms with Crippen LogP contribution in [0.1, 0.15) is 37.8 Å². The fourth-order valence-electron chi connectivity index (χ4n) is 3.10. The van der Waals surface area contributed by atoms with Crippen molar-refractivity contribution in [2.75, 3.05) is 0 Å². The molecular weight excluding hydrogens is 320 g/mol. The second-order valence-electron chi connectivity index (χ2n) is 5.62. The lowest BCUT2D eigenvalue weighted by Gasteiger charge is -2.31. The molecule has 106 valence electrons. The third-order valence-corrected chi connectivity index (χ3v) is 4.77. The van der Waals surface area contributed by atoms with Crippen LogP contribution in [0.4, 0.5) is 0 Å². The van der Waals surface area contributed by atoms with E-state index in [1.54, 1.807) is 0 Å². The van der Waals surface area contributed by atoms with Crippen molar-refractivity contribution in [3.05, 3.63) is 39.6 Å². The number of hydrogen-bond acceptors (Lipinski definition) is 3. The van der Waals surface area contributed by atoms with Gasteiger partial charge in [-0.25, -0.2) is 0 Å². The molecule has 0 spiro atoms. The first-order valence-electron chi connectivity index (χ1n) is 6.91. The zero-order chi connectivity index (χ0) is 14.5. The van der Waals surface area contributed by atoms with E-state index >= 15 is 0 Å². The van der Waals surface area contributed by atoms with E-state index in [-0.39, 0.29) is 11.5 Å². The largest absolute Gasteiger partial charge is 0.508 e. The molecule has 2 aliphatic heterocycles. The van der Waals surface area contributed by atoms with E-state index in [9.17, 15) is 9.90 Å². The van der Waals surface area contributed by atoms with E-state index in [0.717, 1.165) is 22.0 Å². The predicted molar refractivity (Wildman–Crippen MR) is 80.6 cm³/mol. The predicted octanol–water partition coefficient (Wildman–Crippen LogP) is 3.80. The van der Waals surface area contributed by atoms with Gasteiger partial charge in [0.1, 0.15) is 17.5 Å². The van der Waals surface area contributed by atoms with Crippen molar-refractivity contribution in [1.29, 1.82) is 0 Å². The minimum atomic E-state index is -0.702. The third kappa shape index (κ3) is 1.93. The summed E-state index contributed by atoms with van der Waals surface area (Å²) in [7, 11) is 0. The number of hydrogen-bond donors (Lipinski definition) is 1. The maximum absolute atomic E-state index is 12.5. The first-order valence-corrected chi connectivity index (χ1v) is 7.70. The first-order chi connectivity index (χ1) is 9.46. The van der Waals surface area contributed by atoms with E-state index in [1.807, 2.05) is 32.0 Å². The molecule has 3 nitrogen and oxygen atoms in total. The standard InChI is InChI=1S/C16H17BrO3/c1-3-9-8-10(17)4-5-11(9)13-14(18)12-6-7-16(2,20-12)15(13)19/h4-5,8,12,19H,3,6-7H2,1-2H3. The Hall–Kier alpha value is -1.13. The van der Waals surface area contributed by atoms with Crippen LogP contribution in [0, 0.1) is 0 Å². The first kappa shape index (κ1) is 13.8. The molecule has 0 amide bonds. The van der Waals surface area contributed by atoms with E-state index < -0.39 is 11.7 Å². The molecule has 0 aliphatic carbocycles. The summed E-state index contributed by atoms with van der Waals surface area (Å²) in [6, 6.07) is 5.81. The van der Waals surface area contributed by atoms with E-state index in [1.165, 1.54) is 0 Å². The lowest BCUT2D eigenvalue weighted by atomic mass is 9.88. The molecular formula is C16H17BrO3. The Labute approximate surface area is 126 Å². The van der Waals surface area contributed by atoms with Crippen molar-refractivity contribution in [3.8, 4) is 0 Å². The minimum Gasteiger partial charge on any atom is -0.508 e. The van der Waals surface area contributed by atoms with Gasteiger partial charge >= 0.3 is 0 Å². The Morgan fingerprint density at radius 1 is 1.50 bits per heavy atom. The molecule has 2 aliphatic rings. The molecule has 1 fully saturated rings. The second kappa shape index (κ2) is 4.71. The van der Waals surface area contributed by atoms with Crippen molar-refractivity contribution < 1.29 is 14.6 Å². The number of ketones is 1. The van der Waals surface area contributed by atoms with Gasteiger partial charge in [0, 0.05) is 4.47 Å².